The number of benzene rings is 1. The van der Waals surface area contributed by atoms with Crippen molar-refractivity contribution in [1.82, 2.24) is 14.8 Å². The average molecular weight is 434 g/mol. The molecule has 6 heteroatoms. The van der Waals surface area contributed by atoms with E-state index in [-0.39, 0.29) is 11.8 Å². The first kappa shape index (κ1) is 21.2. The van der Waals surface area contributed by atoms with Crippen LogP contribution < -0.4 is 0 Å². The van der Waals surface area contributed by atoms with Gasteiger partial charge in [0.25, 0.3) is 5.91 Å². The quantitative estimate of drug-likeness (QED) is 0.601. The van der Waals surface area contributed by atoms with Gasteiger partial charge in [-0.25, -0.2) is 0 Å². The van der Waals surface area contributed by atoms with Crippen molar-refractivity contribution in [2.45, 2.75) is 19.3 Å². The van der Waals surface area contributed by atoms with Gasteiger partial charge in [0.2, 0.25) is 5.91 Å². The van der Waals surface area contributed by atoms with E-state index in [0.29, 0.717) is 25.2 Å². The van der Waals surface area contributed by atoms with Gasteiger partial charge in [-0.1, -0.05) is 36.4 Å². The van der Waals surface area contributed by atoms with Crippen LogP contribution in [0.1, 0.15) is 28.9 Å². The van der Waals surface area contributed by atoms with Gasteiger partial charge in [0, 0.05) is 38.3 Å². The molecule has 4 rings (SSSR count). The summed E-state index contributed by atoms with van der Waals surface area (Å²) in [5, 5.41) is 2.07. The van der Waals surface area contributed by atoms with Crippen molar-refractivity contribution >= 4 is 23.2 Å². The molecule has 0 bridgehead atoms. The fourth-order valence-corrected chi connectivity index (χ4v) is 5.32. The van der Waals surface area contributed by atoms with Crippen LogP contribution in [-0.2, 0) is 11.2 Å². The molecule has 1 aromatic carbocycles. The summed E-state index contributed by atoms with van der Waals surface area (Å²) >= 11 is 1.70. The highest BCUT2D eigenvalue weighted by Crippen LogP contribution is 2.39. The molecule has 0 saturated carbocycles. The monoisotopic (exact) mass is 433 g/mol. The van der Waals surface area contributed by atoms with Crippen LogP contribution in [0.3, 0.4) is 0 Å². The average Bonchev–Trinajstić information content (AvgIpc) is 3.34. The SMILES string of the molecule is CN(C)C(=O)C1(Cc2ccccc2-c2cccs2)CCCN(C(=O)c2ccccn2)C1. The number of piperidine rings is 1. The smallest absolute Gasteiger partial charge is 0.272 e. The lowest BCUT2D eigenvalue weighted by molar-refractivity contribution is -0.142. The number of nitrogens with zero attached hydrogens (tertiary/aromatic N) is 3. The van der Waals surface area contributed by atoms with Crippen LogP contribution >= 0.6 is 11.3 Å². The molecule has 0 spiro atoms. The van der Waals surface area contributed by atoms with Gasteiger partial charge in [0.05, 0.1) is 5.41 Å². The summed E-state index contributed by atoms with van der Waals surface area (Å²) in [6.45, 7) is 1.04. The minimum absolute atomic E-state index is 0.0759. The van der Waals surface area contributed by atoms with Crippen molar-refractivity contribution < 1.29 is 9.59 Å². The van der Waals surface area contributed by atoms with Crippen molar-refractivity contribution in [2.75, 3.05) is 27.2 Å². The number of carbonyl (C=O) groups is 2. The van der Waals surface area contributed by atoms with Crippen molar-refractivity contribution in [1.29, 1.82) is 0 Å². The highest BCUT2D eigenvalue weighted by Gasteiger charge is 2.45. The molecular weight excluding hydrogens is 406 g/mol. The molecule has 5 nitrogen and oxygen atoms in total. The van der Waals surface area contributed by atoms with Crippen LogP contribution in [-0.4, -0.2) is 53.8 Å². The zero-order valence-corrected chi connectivity index (χ0v) is 18.8. The molecule has 2 aromatic heterocycles. The summed E-state index contributed by atoms with van der Waals surface area (Å²) in [4.78, 5) is 35.5. The van der Waals surface area contributed by atoms with Crippen LogP contribution in [0.5, 0.6) is 0 Å². The predicted molar refractivity (Wildman–Crippen MR) is 124 cm³/mol. The Balaban J connectivity index is 1.69. The lowest BCUT2D eigenvalue weighted by Gasteiger charge is -2.43. The van der Waals surface area contributed by atoms with E-state index in [1.54, 1.807) is 53.6 Å². The summed E-state index contributed by atoms with van der Waals surface area (Å²) in [5.74, 6) is -0.0326. The number of likely N-dealkylation sites (tertiary alicyclic amines) is 1. The standard InChI is InChI=1S/C25H27N3O2S/c1-27(2)24(30)25(17-19-9-3-4-10-20(19)22-12-7-16-31-22)13-8-15-28(18-25)23(29)21-11-5-6-14-26-21/h3-7,9-12,14,16H,8,13,15,17-18H2,1-2H3. The minimum Gasteiger partial charge on any atom is -0.348 e. The number of hydrogen-bond acceptors (Lipinski definition) is 4. The number of thiophene rings is 1. The number of aromatic nitrogens is 1. The van der Waals surface area contributed by atoms with Gasteiger partial charge >= 0.3 is 0 Å². The lowest BCUT2D eigenvalue weighted by atomic mass is 9.73. The van der Waals surface area contributed by atoms with Gasteiger partial charge in [0.15, 0.2) is 0 Å². The summed E-state index contributed by atoms with van der Waals surface area (Å²) in [6, 6.07) is 17.8. The van der Waals surface area contributed by atoms with Crippen LogP contribution in [0.2, 0.25) is 0 Å². The molecule has 1 aliphatic rings. The van der Waals surface area contributed by atoms with Gasteiger partial charge in [-0.3, -0.25) is 14.6 Å². The Morgan fingerprint density at radius 1 is 1.10 bits per heavy atom. The van der Waals surface area contributed by atoms with E-state index >= 15 is 0 Å². The molecule has 0 radical (unpaired) electrons. The third-order valence-electron chi connectivity index (χ3n) is 5.94. The molecule has 1 unspecified atom stereocenters. The Labute approximate surface area is 187 Å². The molecular formula is C25H27N3O2S. The molecule has 2 amide bonds. The number of hydrogen-bond donors (Lipinski definition) is 0. The first-order chi connectivity index (χ1) is 15.0. The molecule has 1 fully saturated rings. The molecule has 0 N–H and O–H groups in total. The maximum Gasteiger partial charge on any atom is 0.272 e. The molecule has 160 valence electrons. The first-order valence-electron chi connectivity index (χ1n) is 10.5. The largest absolute Gasteiger partial charge is 0.348 e. The van der Waals surface area contributed by atoms with Crippen LogP contribution in [0, 0.1) is 5.41 Å². The Morgan fingerprint density at radius 3 is 2.61 bits per heavy atom. The predicted octanol–water partition coefficient (Wildman–Crippen LogP) is 4.36. The summed E-state index contributed by atoms with van der Waals surface area (Å²) in [5.41, 5.74) is 2.08. The zero-order valence-electron chi connectivity index (χ0n) is 18.0. The zero-order chi connectivity index (χ0) is 21.8. The number of pyridine rings is 1. The normalized spacial score (nSPS) is 18.6. The van der Waals surface area contributed by atoms with Gasteiger partial charge in [-0.05, 0) is 54.0 Å². The van der Waals surface area contributed by atoms with E-state index in [0.717, 1.165) is 24.0 Å². The van der Waals surface area contributed by atoms with E-state index in [1.165, 1.54) is 4.88 Å². The second kappa shape index (κ2) is 9.02. The van der Waals surface area contributed by atoms with E-state index in [1.807, 2.05) is 24.3 Å². The summed E-state index contributed by atoms with van der Waals surface area (Å²) < 4.78 is 0. The highest BCUT2D eigenvalue weighted by atomic mass is 32.1. The maximum absolute atomic E-state index is 13.5. The Morgan fingerprint density at radius 2 is 1.90 bits per heavy atom. The van der Waals surface area contributed by atoms with Crippen molar-refractivity contribution in [3.8, 4) is 10.4 Å². The molecule has 0 aliphatic carbocycles. The molecule has 1 aliphatic heterocycles. The molecule has 3 aromatic rings. The molecule has 1 saturated heterocycles. The van der Waals surface area contributed by atoms with Crippen molar-refractivity contribution in [3.05, 3.63) is 77.4 Å². The van der Waals surface area contributed by atoms with E-state index in [9.17, 15) is 9.59 Å². The Hall–Kier alpha value is -2.99. The number of rotatable bonds is 5. The molecule has 1 atom stereocenters. The van der Waals surface area contributed by atoms with Crippen molar-refractivity contribution in [3.63, 3.8) is 0 Å². The topological polar surface area (TPSA) is 53.5 Å². The van der Waals surface area contributed by atoms with Crippen LogP contribution in [0.4, 0.5) is 0 Å². The minimum atomic E-state index is -0.653. The van der Waals surface area contributed by atoms with Crippen molar-refractivity contribution in [2.24, 2.45) is 5.41 Å². The third-order valence-corrected chi connectivity index (χ3v) is 6.84. The second-order valence-electron chi connectivity index (χ2n) is 8.34. The Kier molecular flexibility index (Phi) is 6.18. The molecule has 3 heterocycles. The summed E-state index contributed by atoms with van der Waals surface area (Å²) in [7, 11) is 3.60. The first-order valence-corrected chi connectivity index (χ1v) is 11.4. The van der Waals surface area contributed by atoms with E-state index in [4.69, 9.17) is 0 Å². The van der Waals surface area contributed by atoms with Crippen LogP contribution in [0.15, 0.2) is 66.2 Å². The second-order valence-corrected chi connectivity index (χ2v) is 9.28. The fraction of sp³-hybridized carbons (Fsp3) is 0.320. The summed E-state index contributed by atoms with van der Waals surface area (Å²) in [6.07, 6.45) is 3.78. The lowest BCUT2D eigenvalue weighted by Crippen LogP contribution is -2.54. The maximum atomic E-state index is 13.5. The Bertz CT molecular complexity index is 1050. The van der Waals surface area contributed by atoms with Crippen LogP contribution in [0.25, 0.3) is 10.4 Å². The third kappa shape index (κ3) is 4.39. The number of carbonyl (C=O) groups excluding carboxylic acids is 2. The van der Waals surface area contributed by atoms with Gasteiger partial charge in [0.1, 0.15) is 5.69 Å². The number of amides is 2. The van der Waals surface area contributed by atoms with E-state index in [2.05, 4.69) is 28.6 Å². The molecule has 31 heavy (non-hydrogen) atoms. The fourth-order valence-electron chi connectivity index (χ4n) is 4.54. The van der Waals surface area contributed by atoms with Gasteiger partial charge < -0.3 is 9.80 Å². The van der Waals surface area contributed by atoms with Gasteiger partial charge in [-0.2, -0.15) is 0 Å². The highest BCUT2D eigenvalue weighted by molar-refractivity contribution is 7.13. The van der Waals surface area contributed by atoms with Gasteiger partial charge in [-0.15, -0.1) is 11.3 Å². The van der Waals surface area contributed by atoms with E-state index < -0.39 is 5.41 Å².